The van der Waals surface area contributed by atoms with E-state index in [9.17, 15) is 4.79 Å². The number of aliphatic hydroxyl groups is 1. The number of benzene rings is 1. The van der Waals surface area contributed by atoms with Crippen LogP contribution in [0.5, 0.6) is 5.75 Å². The second-order valence-electron chi connectivity index (χ2n) is 4.08. The number of carbonyl (C=O) groups is 1. The predicted octanol–water partition coefficient (Wildman–Crippen LogP) is 0.918. The fourth-order valence-electron chi connectivity index (χ4n) is 1.65. The van der Waals surface area contributed by atoms with Gasteiger partial charge in [-0.2, -0.15) is 0 Å². The van der Waals surface area contributed by atoms with Crippen molar-refractivity contribution >= 4 is 6.03 Å². The number of hydrogen-bond acceptors (Lipinski definition) is 3. The Hall–Kier alpha value is -1.75. The van der Waals surface area contributed by atoms with Crippen LogP contribution in [-0.4, -0.2) is 37.4 Å². The van der Waals surface area contributed by atoms with Crippen molar-refractivity contribution < 1.29 is 14.6 Å². The fraction of sp³-hybridized carbons (Fsp3) is 0.462. The standard InChI is InChI=1S/C13H20N2O3/c1-10(15-13(17)14-6-7-16)8-11-4-3-5-12(9-11)18-2/h3-5,9-10,16H,6-8H2,1-2H3,(H2,14,15,17). The van der Waals surface area contributed by atoms with E-state index in [1.807, 2.05) is 31.2 Å². The zero-order valence-corrected chi connectivity index (χ0v) is 10.8. The highest BCUT2D eigenvalue weighted by Crippen LogP contribution is 2.13. The molecule has 5 nitrogen and oxygen atoms in total. The van der Waals surface area contributed by atoms with E-state index in [1.165, 1.54) is 0 Å². The third-order valence-corrected chi connectivity index (χ3v) is 2.45. The molecule has 1 aromatic carbocycles. The molecule has 3 N–H and O–H groups in total. The van der Waals surface area contributed by atoms with Crippen LogP contribution in [0.3, 0.4) is 0 Å². The lowest BCUT2D eigenvalue weighted by Crippen LogP contribution is -2.42. The SMILES string of the molecule is COc1cccc(CC(C)NC(=O)NCCO)c1. The van der Waals surface area contributed by atoms with E-state index >= 15 is 0 Å². The number of aliphatic hydroxyl groups excluding tert-OH is 1. The number of carbonyl (C=O) groups excluding carboxylic acids is 1. The third kappa shape index (κ3) is 5.05. The van der Waals surface area contributed by atoms with Gasteiger partial charge in [-0.3, -0.25) is 0 Å². The van der Waals surface area contributed by atoms with E-state index in [0.29, 0.717) is 0 Å². The molecule has 0 aliphatic heterocycles. The third-order valence-electron chi connectivity index (χ3n) is 2.45. The topological polar surface area (TPSA) is 70.6 Å². The molecular weight excluding hydrogens is 232 g/mol. The van der Waals surface area contributed by atoms with E-state index < -0.39 is 0 Å². The summed E-state index contributed by atoms with van der Waals surface area (Å²) in [5.74, 6) is 0.810. The van der Waals surface area contributed by atoms with Crippen molar-refractivity contribution in [2.75, 3.05) is 20.3 Å². The minimum absolute atomic E-state index is 0.01000. The number of amides is 2. The quantitative estimate of drug-likeness (QED) is 0.705. The fourth-order valence-corrected chi connectivity index (χ4v) is 1.65. The second kappa shape index (κ2) is 7.55. The summed E-state index contributed by atoms with van der Waals surface area (Å²) in [4.78, 5) is 11.4. The molecule has 1 atom stereocenters. The highest BCUT2D eigenvalue weighted by atomic mass is 16.5. The Bertz CT molecular complexity index is 382. The van der Waals surface area contributed by atoms with E-state index in [1.54, 1.807) is 7.11 Å². The average Bonchev–Trinajstić information content (AvgIpc) is 2.36. The van der Waals surface area contributed by atoms with E-state index in [0.717, 1.165) is 17.7 Å². The van der Waals surface area contributed by atoms with Crippen LogP contribution in [0, 0.1) is 0 Å². The zero-order chi connectivity index (χ0) is 13.4. The molecule has 0 aromatic heterocycles. The summed E-state index contributed by atoms with van der Waals surface area (Å²) in [5.41, 5.74) is 1.10. The van der Waals surface area contributed by atoms with Crippen LogP contribution in [0.2, 0.25) is 0 Å². The predicted molar refractivity (Wildman–Crippen MR) is 69.8 cm³/mol. The molecular formula is C13H20N2O3. The summed E-state index contributed by atoms with van der Waals surface area (Å²) in [6.45, 7) is 2.13. The molecule has 5 heteroatoms. The first-order chi connectivity index (χ1) is 8.65. The van der Waals surface area contributed by atoms with Crippen LogP contribution in [0.1, 0.15) is 12.5 Å². The smallest absolute Gasteiger partial charge is 0.315 e. The van der Waals surface area contributed by atoms with Gasteiger partial charge in [0, 0.05) is 12.6 Å². The van der Waals surface area contributed by atoms with Crippen LogP contribution in [0.4, 0.5) is 4.79 Å². The summed E-state index contributed by atoms with van der Waals surface area (Å²) < 4.78 is 5.14. The van der Waals surface area contributed by atoms with Crippen molar-refractivity contribution in [2.24, 2.45) is 0 Å². The number of ether oxygens (including phenoxy) is 1. The number of nitrogens with one attached hydrogen (secondary N) is 2. The molecule has 0 spiro atoms. The molecule has 100 valence electrons. The Labute approximate surface area is 107 Å². The highest BCUT2D eigenvalue weighted by Gasteiger charge is 2.07. The lowest BCUT2D eigenvalue weighted by molar-refractivity contribution is 0.231. The molecule has 0 heterocycles. The van der Waals surface area contributed by atoms with Crippen molar-refractivity contribution in [3.8, 4) is 5.75 Å². The van der Waals surface area contributed by atoms with Crippen molar-refractivity contribution in [1.82, 2.24) is 10.6 Å². The Morgan fingerprint density at radius 1 is 1.50 bits per heavy atom. The summed E-state index contributed by atoms with van der Waals surface area (Å²) in [5, 5.41) is 13.9. The number of urea groups is 1. The van der Waals surface area contributed by atoms with Crippen molar-refractivity contribution in [3.05, 3.63) is 29.8 Å². The summed E-state index contributed by atoms with van der Waals surface area (Å²) in [6, 6.07) is 7.49. The van der Waals surface area contributed by atoms with Crippen molar-refractivity contribution in [2.45, 2.75) is 19.4 Å². The lowest BCUT2D eigenvalue weighted by atomic mass is 10.1. The van der Waals surface area contributed by atoms with Crippen molar-refractivity contribution in [1.29, 1.82) is 0 Å². The van der Waals surface area contributed by atoms with Crippen LogP contribution in [-0.2, 0) is 6.42 Å². The molecule has 0 fully saturated rings. The molecule has 0 saturated carbocycles. The van der Waals surface area contributed by atoms with Gasteiger partial charge < -0.3 is 20.5 Å². The average molecular weight is 252 g/mol. The maximum atomic E-state index is 11.4. The zero-order valence-electron chi connectivity index (χ0n) is 10.8. The summed E-state index contributed by atoms with van der Waals surface area (Å²) in [7, 11) is 1.63. The van der Waals surface area contributed by atoms with Crippen LogP contribution in [0.25, 0.3) is 0 Å². The molecule has 1 unspecified atom stereocenters. The van der Waals surface area contributed by atoms with E-state index in [2.05, 4.69) is 10.6 Å². The summed E-state index contributed by atoms with van der Waals surface area (Å²) in [6.07, 6.45) is 0.726. The molecule has 2 amide bonds. The normalized spacial score (nSPS) is 11.7. The monoisotopic (exact) mass is 252 g/mol. The van der Waals surface area contributed by atoms with Gasteiger partial charge in [0.05, 0.1) is 13.7 Å². The second-order valence-corrected chi connectivity index (χ2v) is 4.08. The lowest BCUT2D eigenvalue weighted by Gasteiger charge is -2.14. The molecule has 0 radical (unpaired) electrons. The molecule has 0 aliphatic rings. The first-order valence-electron chi connectivity index (χ1n) is 5.94. The largest absolute Gasteiger partial charge is 0.497 e. The molecule has 18 heavy (non-hydrogen) atoms. The highest BCUT2D eigenvalue weighted by molar-refractivity contribution is 5.74. The van der Waals surface area contributed by atoms with Gasteiger partial charge in [0.2, 0.25) is 0 Å². The maximum absolute atomic E-state index is 11.4. The Balaban J connectivity index is 2.43. The minimum atomic E-state index is -0.264. The van der Waals surface area contributed by atoms with Gasteiger partial charge in [-0.15, -0.1) is 0 Å². The summed E-state index contributed by atoms with van der Waals surface area (Å²) >= 11 is 0. The molecule has 0 bridgehead atoms. The van der Waals surface area contributed by atoms with Crippen LogP contribution in [0.15, 0.2) is 24.3 Å². The van der Waals surface area contributed by atoms with E-state index in [4.69, 9.17) is 9.84 Å². The van der Waals surface area contributed by atoms with Gasteiger partial charge >= 0.3 is 6.03 Å². The molecule has 0 saturated heterocycles. The van der Waals surface area contributed by atoms with Gasteiger partial charge in [0.1, 0.15) is 5.75 Å². The van der Waals surface area contributed by atoms with Gasteiger partial charge in [0.15, 0.2) is 0 Å². The maximum Gasteiger partial charge on any atom is 0.315 e. The molecule has 1 rings (SSSR count). The van der Waals surface area contributed by atoms with Gasteiger partial charge in [-0.1, -0.05) is 12.1 Å². The Kier molecular flexibility index (Phi) is 6.00. The van der Waals surface area contributed by atoms with Crippen LogP contribution >= 0.6 is 0 Å². The first-order valence-corrected chi connectivity index (χ1v) is 5.94. The molecule has 0 aliphatic carbocycles. The van der Waals surface area contributed by atoms with Crippen molar-refractivity contribution in [3.63, 3.8) is 0 Å². The van der Waals surface area contributed by atoms with Gasteiger partial charge in [0.25, 0.3) is 0 Å². The number of rotatable bonds is 6. The van der Waals surface area contributed by atoms with Crippen LogP contribution < -0.4 is 15.4 Å². The van der Waals surface area contributed by atoms with Gasteiger partial charge in [-0.25, -0.2) is 4.79 Å². The molecule has 1 aromatic rings. The van der Waals surface area contributed by atoms with E-state index in [-0.39, 0.29) is 25.2 Å². The Morgan fingerprint density at radius 3 is 2.94 bits per heavy atom. The van der Waals surface area contributed by atoms with Gasteiger partial charge in [-0.05, 0) is 31.0 Å². The minimum Gasteiger partial charge on any atom is -0.497 e. The number of methoxy groups -OCH3 is 1. The Morgan fingerprint density at radius 2 is 2.28 bits per heavy atom. The first kappa shape index (κ1) is 14.3. The number of hydrogen-bond donors (Lipinski definition) is 3.